The van der Waals surface area contributed by atoms with E-state index in [1.54, 1.807) is 0 Å². The fourth-order valence-corrected chi connectivity index (χ4v) is 1.46. The molecule has 0 spiro atoms. The molecule has 0 aromatic heterocycles. The number of allylic oxidation sites excluding steroid dienone is 2. The number of carbonyl (C=O) groups is 2. The summed E-state index contributed by atoms with van der Waals surface area (Å²) < 4.78 is 179. The lowest BCUT2D eigenvalue weighted by atomic mass is 10.2. The van der Waals surface area contributed by atoms with Crippen molar-refractivity contribution in [1.82, 2.24) is 0 Å². The molecule has 0 saturated carbocycles. The number of hydrogen-bond acceptors (Lipinski definition) is 4. The SMILES string of the molecule is O=C(OCC(F)=C(C(F)(F)F)C(F)(F)F)C(=O)OCC(F)=C(C(F)(F)F)C(F)(F)F. The van der Waals surface area contributed by atoms with Gasteiger partial charge in [-0.3, -0.25) is 0 Å². The largest absolute Gasteiger partial charge is 0.450 e. The molecule has 0 amide bonds. The maximum atomic E-state index is 13.1. The quantitative estimate of drug-likeness (QED) is 0.332. The average molecular weight is 478 g/mol. The third-order valence-corrected chi connectivity index (χ3v) is 2.50. The molecule has 0 atom stereocenters. The topological polar surface area (TPSA) is 52.6 Å². The molecule has 0 aliphatic heterocycles. The average Bonchev–Trinajstić information content (AvgIpc) is 2.44. The standard InChI is InChI=1S/C12H4F14O4/c13-3(5(9(15,16)17)10(18,19)20)1-29-7(27)8(28)30-2-4(14)6(11(21,22)23)12(24,25)26/h1-2H2. The number of carbonyl (C=O) groups excluding carboxylic acids is 2. The van der Waals surface area contributed by atoms with Gasteiger partial charge in [0.25, 0.3) is 0 Å². The minimum atomic E-state index is -6.32. The molecule has 0 aromatic rings. The molecule has 0 fully saturated rings. The predicted octanol–water partition coefficient (Wildman–Crippen LogP) is 4.77. The van der Waals surface area contributed by atoms with Gasteiger partial charge in [-0.15, -0.1) is 0 Å². The van der Waals surface area contributed by atoms with Gasteiger partial charge in [-0.05, 0) is 0 Å². The van der Waals surface area contributed by atoms with Crippen LogP contribution >= 0.6 is 0 Å². The van der Waals surface area contributed by atoms with E-state index < -0.39 is 72.7 Å². The third-order valence-electron chi connectivity index (χ3n) is 2.50. The Bertz CT molecular complexity index is 625. The van der Waals surface area contributed by atoms with Crippen LogP contribution in [0.1, 0.15) is 0 Å². The Morgan fingerprint density at radius 1 is 0.500 bits per heavy atom. The number of hydrogen-bond donors (Lipinski definition) is 0. The molecule has 0 heterocycles. The molecule has 0 saturated heterocycles. The van der Waals surface area contributed by atoms with E-state index in [0.717, 1.165) is 0 Å². The van der Waals surface area contributed by atoms with Crippen LogP contribution in [0.5, 0.6) is 0 Å². The van der Waals surface area contributed by atoms with E-state index >= 15 is 0 Å². The highest BCUT2D eigenvalue weighted by atomic mass is 19.4. The summed E-state index contributed by atoms with van der Waals surface area (Å²) in [7, 11) is 0. The van der Waals surface area contributed by atoms with Gasteiger partial charge in [-0.1, -0.05) is 0 Å². The van der Waals surface area contributed by atoms with Gasteiger partial charge in [0.05, 0.1) is 0 Å². The van der Waals surface area contributed by atoms with E-state index in [9.17, 15) is 71.1 Å². The van der Waals surface area contributed by atoms with Gasteiger partial charge in [0.2, 0.25) is 0 Å². The van der Waals surface area contributed by atoms with Crippen molar-refractivity contribution in [2.75, 3.05) is 13.2 Å². The fraction of sp³-hybridized carbons (Fsp3) is 0.500. The summed E-state index contributed by atoms with van der Waals surface area (Å²) in [5.74, 6) is -11.6. The molecule has 0 radical (unpaired) electrons. The summed E-state index contributed by atoms with van der Waals surface area (Å²) in [5.41, 5.74) is -7.52. The molecule has 0 unspecified atom stereocenters. The first-order chi connectivity index (χ1) is 13.1. The third kappa shape index (κ3) is 8.05. The molecule has 0 bridgehead atoms. The smallest absolute Gasteiger partial charge is 0.423 e. The van der Waals surface area contributed by atoms with Gasteiger partial charge in [-0.25, -0.2) is 18.4 Å². The summed E-state index contributed by atoms with van der Waals surface area (Å²) in [6.07, 6.45) is -25.3. The number of halogens is 14. The van der Waals surface area contributed by atoms with Crippen molar-refractivity contribution >= 4 is 11.9 Å². The zero-order chi connectivity index (χ0) is 24.3. The monoisotopic (exact) mass is 478 g/mol. The van der Waals surface area contributed by atoms with Crippen LogP contribution in [0.4, 0.5) is 61.5 Å². The van der Waals surface area contributed by atoms with Gasteiger partial charge in [0.15, 0.2) is 22.8 Å². The predicted molar refractivity (Wildman–Crippen MR) is 62.4 cm³/mol. The number of ether oxygens (including phenoxy) is 2. The molecule has 0 aliphatic rings. The maximum absolute atomic E-state index is 13.1. The molecule has 4 nitrogen and oxygen atoms in total. The van der Waals surface area contributed by atoms with Gasteiger partial charge >= 0.3 is 36.6 Å². The molecule has 0 rings (SSSR count). The molecule has 0 N–H and O–H groups in total. The van der Waals surface area contributed by atoms with Crippen LogP contribution in [0.15, 0.2) is 22.8 Å². The highest BCUT2D eigenvalue weighted by Gasteiger charge is 2.55. The molecule has 30 heavy (non-hydrogen) atoms. The van der Waals surface area contributed by atoms with Crippen molar-refractivity contribution in [3.05, 3.63) is 22.8 Å². The summed E-state index contributed by atoms with van der Waals surface area (Å²) >= 11 is 0. The van der Waals surface area contributed by atoms with Crippen molar-refractivity contribution in [1.29, 1.82) is 0 Å². The first-order valence-corrected chi connectivity index (χ1v) is 6.50. The highest BCUT2D eigenvalue weighted by molar-refractivity contribution is 6.29. The van der Waals surface area contributed by atoms with E-state index in [4.69, 9.17) is 0 Å². The van der Waals surface area contributed by atoms with Gasteiger partial charge in [0, 0.05) is 0 Å². The Morgan fingerprint density at radius 3 is 0.867 bits per heavy atom. The fourth-order valence-electron chi connectivity index (χ4n) is 1.46. The highest BCUT2D eigenvalue weighted by Crippen LogP contribution is 2.42. The number of rotatable bonds is 4. The lowest BCUT2D eigenvalue weighted by molar-refractivity contribution is -0.179. The zero-order valence-electron chi connectivity index (χ0n) is 13.3. The molecular weight excluding hydrogens is 474 g/mol. The molecular formula is C12H4F14O4. The minimum absolute atomic E-state index is 2.48. The number of alkyl halides is 12. The summed E-state index contributed by atoms with van der Waals surface area (Å²) in [6, 6.07) is 0. The van der Waals surface area contributed by atoms with E-state index in [1.807, 2.05) is 0 Å². The minimum Gasteiger partial charge on any atom is -0.450 e. The van der Waals surface area contributed by atoms with Crippen molar-refractivity contribution in [2.45, 2.75) is 24.7 Å². The van der Waals surface area contributed by atoms with E-state index in [-0.39, 0.29) is 0 Å². The Balaban J connectivity index is 5.30. The maximum Gasteiger partial charge on any atom is 0.423 e. The summed E-state index contributed by atoms with van der Waals surface area (Å²) in [6.45, 7) is -4.95. The Morgan fingerprint density at radius 2 is 0.700 bits per heavy atom. The van der Waals surface area contributed by atoms with Crippen molar-refractivity contribution < 1.29 is 80.5 Å². The Hall–Kier alpha value is -2.56. The van der Waals surface area contributed by atoms with Gasteiger partial charge < -0.3 is 9.47 Å². The molecule has 174 valence electrons. The Kier molecular flexibility index (Phi) is 8.29. The second-order valence-corrected chi connectivity index (χ2v) is 4.70. The van der Waals surface area contributed by atoms with Crippen LogP contribution in [-0.4, -0.2) is 49.9 Å². The van der Waals surface area contributed by atoms with Crippen molar-refractivity contribution in [2.24, 2.45) is 0 Å². The van der Waals surface area contributed by atoms with E-state index in [2.05, 4.69) is 9.47 Å². The van der Waals surface area contributed by atoms with Crippen LogP contribution in [0, 0.1) is 0 Å². The lowest BCUT2D eigenvalue weighted by Crippen LogP contribution is -2.30. The van der Waals surface area contributed by atoms with Crippen molar-refractivity contribution in [3.63, 3.8) is 0 Å². The van der Waals surface area contributed by atoms with Crippen LogP contribution in [0.25, 0.3) is 0 Å². The van der Waals surface area contributed by atoms with Crippen molar-refractivity contribution in [3.8, 4) is 0 Å². The van der Waals surface area contributed by atoms with E-state index in [0.29, 0.717) is 0 Å². The second-order valence-electron chi connectivity index (χ2n) is 4.70. The van der Waals surface area contributed by atoms with Crippen LogP contribution in [0.3, 0.4) is 0 Å². The lowest BCUT2D eigenvalue weighted by Gasteiger charge is -2.16. The first kappa shape index (κ1) is 27.4. The van der Waals surface area contributed by atoms with Gasteiger partial charge in [0.1, 0.15) is 13.2 Å². The van der Waals surface area contributed by atoms with Crippen LogP contribution < -0.4 is 0 Å². The van der Waals surface area contributed by atoms with Gasteiger partial charge in [-0.2, -0.15) is 52.7 Å². The van der Waals surface area contributed by atoms with Crippen LogP contribution in [0.2, 0.25) is 0 Å². The van der Waals surface area contributed by atoms with E-state index in [1.165, 1.54) is 0 Å². The normalized spacial score (nSPS) is 12.9. The molecule has 0 aromatic carbocycles. The summed E-state index contributed by atoms with van der Waals surface area (Å²) in [4.78, 5) is 21.8. The first-order valence-electron chi connectivity index (χ1n) is 6.50. The Labute approximate surface area is 154 Å². The molecule has 0 aliphatic carbocycles. The molecule has 18 heteroatoms. The van der Waals surface area contributed by atoms with Crippen LogP contribution in [-0.2, 0) is 19.1 Å². The summed E-state index contributed by atoms with van der Waals surface area (Å²) in [5, 5.41) is 0. The second kappa shape index (κ2) is 9.07. The zero-order valence-corrected chi connectivity index (χ0v) is 13.3. The number of esters is 2.